The zero-order valence-corrected chi connectivity index (χ0v) is 15.9. The second-order valence-electron chi connectivity index (χ2n) is 6.50. The molecule has 1 aromatic carbocycles. The number of rotatable bonds is 3. The molecular formula is C17H26IN3O2. The summed E-state index contributed by atoms with van der Waals surface area (Å²) < 4.78 is 11.1. The average Bonchev–Trinajstić information content (AvgIpc) is 2.54. The third-order valence-corrected chi connectivity index (χ3v) is 4.61. The molecule has 0 spiro atoms. The Morgan fingerprint density at radius 2 is 2.04 bits per heavy atom. The maximum Gasteiger partial charge on any atom is 0.189 e. The molecule has 1 saturated heterocycles. The first-order chi connectivity index (χ1) is 10.7. The number of aliphatic imine (C=N–C) groups is 1. The fourth-order valence-corrected chi connectivity index (χ4v) is 3.01. The van der Waals surface area contributed by atoms with E-state index in [4.69, 9.17) is 15.2 Å². The summed E-state index contributed by atoms with van der Waals surface area (Å²) in [6, 6.07) is 8.28. The molecule has 1 fully saturated rings. The van der Waals surface area contributed by atoms with E-state index in [0.717, 1.165) is 50.3 Å². The van der Waals surface area contributed by atoms with E-state index in [1.807, 2.05) is 18.2 Å². The van der Waals surface area contributed by atoms with E-state index in [-0.39, 0.29) is 35.4 Å². The highest BCUT2D eigenvalue weighted by Gasteiger charge is 2.27. The van der Waals surface area contributed by atoms with Crippen molar-refractivity contribution in [2.24, 2.45) is 16.1 Å². The second kappa shape index (κ2) is 8.19. The molecule has 23 heavy (non-hydrogen) atoms. The van der Waals surface area contributed by atoms with Crippen LogP contribution in [0.15, 0.2) is 29.3 Å². The van der Waals surface area contributed by atoms with E-state index in [9.17, 15) is 0 Å². The molecular weight excluding hydrogens is 405 g/mol. The molecule has 2 aliphatic rings. The molecule has 5 nitrogen and oxygen atoms in total. The van der Waals surface area contributed by atoms with Crippen molar-refractivity contribution >= 4 is 29.9 Å². The number of halogens is 1. The number of nitrogens with one attached hydrogen (secondary N) is 1. The summed E-state index contributed by atoms with van der Waals surface area (Å²) >= 11 is 0. The first-order valence-corrected chi connectivity index (χ1v) is 8.02. The number of nitrogens with two attached hydrogens (primary N) is 1. The van der Waals surface area contributed by atoms with E-state index in [1.54, 1.807) is 0 Å². The van der Waals surface area contributed by atoms with Gasteiger partial charge in [0, 0.05) is 31.7 Å². The average molecular weight is 431 g/mol. The fraction of sp³-hybridized carbons (Fsp3) is 0.588. The van der Waals surface area contributed by atoms with Crippen LogP contribution in [0, 0.1) is 5.41 Å². The summed E-state index contributed by atoms with van der Waals surface area (Å²) in [5, 5.41) is 3.35. The number of guanidine groups is 1. The van der Waals surface area contributed by atoms with Crippen molar-refractivity contribution in [2.45, 2.75) is 32.2 Å². The first kappa shape index (κ1) is 18.3. The molecule has 2 aliphatic heterocycles. The van der Waals surface area contributed by atoms with E-state index < -0.39 is 0 Å². The highest BCUT2D eigenvalue weighted by Crippen LogP contribution is 2.32. The van der Waals surface area contributed by atoms with E-state index in [2.05, 4.69) is 23.3 Å². The lowest BCUT2D eigenvalue weighted by Crippen LogP contribution is -2.38. The lowest BCUT2D eigenvalue weighted by Gasteiger charge is -2.32. The minimum absolute atomic E-state index is 0. The topological polar surface area (TPSA) is 68.9 Å². The molecule has 128 valence electrons. The molecule has 0 aliphatic carbocycles. The largest absolute Gasteiger partial charge is 0.493 e. The van der Waals surface area contributed by atoms with Gasteiger partial charge in [-0.25, -0.2) is 0 Å². The molecule has 3 rings (SSSR count). The highest BCUT2D eigenvalue weighted by atomic mass is 127. The van der Waals surface area contributed by atoms with Gasteiger partial charge in [-0.1, -0.05) is 25.1 Å². The van der Waals surface area contributed by atoms with Gasteiger partial charge in [0.25, 0.3) is 0 Å². The summed E-state index contributed by atoms with van der Waals surface area (Å²) in [7, 11) is 0. The van der Waals surface area contributed by atoms with Gasteiger partial charge in [0.1, 0.15) is 5.75 Å². The summed E-state index contributed by atoms with van der Waals surface area (Å²) in [6.45, 7) is 5.37. The predicted octanol–water partition coefficient (Wildman–Crippen LogP) is 2.85. The van der Waals surface area contributed by atoms with Gasteiger partial charge >= 0.3 is 0 Å². The Morgan fingerprint density at radius 1 is 1.30 bits per heavy atom. The number of fused-ring (bicyclic) bond motifs is 1. The molecule has 1 aromatic rings. The van der Waals surface area contributed by atoms with Crippen molar-refractivity contribution in [1.29, 1.82) is 0 Å². The zero-order chi connectivity index (χ0) is 15.4. The summed E-state index contributed by atoms with van der Waals surface area (Å²) in [4.78, 5) is 4.57. The minimum Gasteiger partial charge on any atom is -0.493 e. The number of ether oxygens (including phenoxy) is 2. The maximum atomic E-state index is 6.10. The normalized spacial score (nSPS) is 23.2. The Labute approximate surface area is 155 Å². The Bertz CT molecular complexity index is 544. The van der Waals surface area contributed by atoms with Crippen LogP contribution in [-0.4, -0.2) is 32.3 Å². The molecule has 1 atom stereocenters. The van der Waals surface area contributed by atoms with Crippen LogP contribution >= 0.6 is 24.0 Å². The standard InChI is InChI=1S/C17H25N3O2.HI/c1-17(7-10-21-11-8-17)12-19-16(18)20-14-6-9-22-15-5-3-2-4-13(14)15;/h2-5,14H,6-12H2,1H3,(H3,18,19,20);1H. The molecule has 3 N–H and O–H groups in total. The highest BCUT2D eigenvalue weighted by molar-refractivity contribution is 14.0. The van der Waals surface area contributed by atoms with Crippen molar-refractivity contribution in [3.63, 3.8) is 0 Å². The van der Waals surface area contributed by atoms with Crippen molar-refractivity contribution in [3.05, 3.63) is 29.8 Å². The van der Waals surface area contributed by atoms with Crippen molar-refractivity contribution in [3.8, 4) is 5.75 Å². The number of para-hydroxylation sites is 1. The third-order valence-electron chi connectivity index (χ3n) is 4.61. The Kier molecular flexibility index (Phi) is 6.52. The predicted molar refractivity (Wildman–Crippen MR) is 102 cm³/mol. The molecule has 2 heterocycles. The summed E-state index contributed by atoms with van der Waals surface area (Å²) in [5.74, 6) is 1.46. The van der Waals surface area contributed by atoms with Gasteiger partial charge in [-0.05, 0) is 24.3 Å². The first-order valence-electron chi connectivity index (χ1n) is 8.02. The number of hydrogen-bond donors (Lipinski definition) is 2. The molecule has 0 bridgehead atoms. The zero-order valence-electron chi connectivity index (χ0n) is 13.6. The molecule has 0 aromatic heterocycles. The monoisotopic (exact) mass is 431 g/mol. The van der Waals surface area contributed by atoms with Crippen molar-refractivity contribution in [1.82, 2.24) is 5.32 Å². The van der Waals surface area contributed by atoms with E-state index >= 15 is 0 Å². The van der Waals surface area contributed by atoms with Gasteiger partial charge in [0.15, 0.2) is 5.96 Å². The van der Waals surface area contributed by atoms with Crippen LogP contribution in [-0.2, 0) is 4.74 Å². The van der Waals surface area contributed by atoms with Crippen LogP contribution in [0.1, 0.15) is 37.8 Å². The molecule has 0 radical (unpaired) electrons. The lowest BCUT2D eigenvalue weighted by molar-refractivity contribution is 0.0283. The number of nitrogens with zero attached hydrogens (tertiary/aromatic N) is 1. The second-order valence-corrected chi connectivity index (χ2v) is 6.50. The molecule has 0 amide bonds. The minimum atomic E-state index is 0. The van der Waals surface area contributed by atoms with Gasteiger partial charge in [0.05, 0.1) is 12.6 Å². The third kappa shape index (κ3) is 4.73. The van der Waals surface area contributed by atoms with Crippen LogP contribution in [0.2, 0.25) is 0 Å². The van der Waals surface area contributed by atoms with E-state index in [1.165, 1.54) is 0 Å². The Morgan fingerprint density at radius 3 is 2.83 bits per heavy atom. The smallest absolute Gasteiger partial charge is 0.189 e. The molecule has 0 saturated carbocycles. The van der Waals surface area contributed by atoms with Gasteiger partial charge in [-0.15, -0.1) is 24.0 Å². The van der Waals surface area contributed by atoms with Crippen LogP contribution < -0.4 is 15.8 Å². The van der Waals surface area contributed by atoms with Gasteiger partial charge < -0.3 is 20.5 Å². The van der Waals surface area contributed by atoms with Crippen molar-refractivity contribution < 1.29 is 9.47 Å². The summed E-state index contributed by atoms with van der Waals surface area (Å²) in [5.41, 5.74) is 7.47. The van der Waals surface area contributed by atoms with E-state index in [0.29, 0.717) is 12.6 Å². The van der Waals surface area contributed by atoms with Crippen LogP contribution in [0.25, 0.3) is 0 Å². The molecule has 6 heteroatoms. The van der Waals surface area contributed by atoms with Gasteiger partial charge in [-0.3, -0.25) is 4.99 Å². The Balaban J connectivity index is 0.00000192. The lowest BCUT2D eigenvalue weighted by atomic mass is 9.83. The number of benzene rings is 1. The van der Waals surface area contributed by atoms with Crippen LogP contribution in [0.3, 0.4) is 0 Å². The van der Waals surface area contributed by atoms with Crippen LogP contribution in [0.5, 0.6) is 5.75 Å². The quantitative estimate of drug-likeness (QED) is 0.439. The number of hydrogen-bond acceptors (Lipinski definition) is 3. The van der Waals surface area contributed by atoms with Gasteiger partial charge in [-0.2, -0.15) is 0 Å². The van der Waals surface area contributed by atoms with Crippen LogP contribution in [0.4, 0.5) is 0 Å². The SMILES string of the molecule is CC1(CN=C(N)NC2CCOc3ccccc32)CCOCC1.I. The maximum absolute atomic E-state index is 6.10. The van der Waals surface area contributed by atoms with Gasteiger partial charge in [0.2, 0.25) is 0 Å². The van der Waals surface area contributed by atoms with Crippen molar-refractivity contribution in [2.75, 3.05) is 26.4 Å². The summed E-state index contributed by atoms with van der Waals surface area (Å²) in [6.07, 6.45) is 2.99. The fourth-order valence-electron chi connectivity index (χ4n) is 3.01. The Hall–Kier alpha value is -1.02. The molecule has 1 unspecified atom stereocenters.